The molecule has 2 atom stereocenters. The van der Waals surface area contributed by atoms with Crippen LogP contribution in [0.3, 0.4) is 0 Å². The smallest absolute Gasteiger partial charge is 0.251 e. The zero-order chi connectivity index (χ0) is 29.1. The molecule has 0 aromatic heterocycles. The zero-order valence-corrected chi connectivity index (χ0v) is 24.7. The molecule has 2 N–H and O–H groups in total. The minimum atomic E-state index is -3.90. The van der Waals surface area contributed by atoms with Gasteiger partial charge in [-0.3, -0.25) is 4.79 Å². The standard InChI is InChI=1S/C34H40N2O4S/c1-3-35-34(37)30-20-22-31(23-21-30)41(38,39)36-33(29-13-8-5-9-14-29)32(28-11-6-4-7-12-28)15-10-24-40-25-27-18-16-26(2)17-19-27/h4-9,11-14,16,19-23,32-33,36H,3,10,15,17-18,24-25H2,1-2H3,(H,35,37)/t32-,33-/m1/s1. The predicted molar refractivity (Wildman–Crippen MR) is 164 cm³/mol. The fraction of sp³-hybridized carbons (Fsp3) is 0.324. The summed E-state index contributed by atoms with van der Waals surface area (Å²) in [6, 6.07) is 25.3. The van der Waals surface area contributed by atoms with Gasteiger partial charge >= 0.3 is 0 Å². The number of amides is 1. The van der Waals surface area contributed by atoms with Gasteiger partial charge in [0.2, 0.25) is 10.0 Å². The first-order valence-corrected chi connectivity index (χ1v) is 15.8. The van der Waals surface area contributed by atoms with E-state index in [2.05, 4.69) is 41.2 Å². The van der Waals surface area contributed by atoms with Crippen LogP contribution >= 0.6 is 0 Å². The highest BCUT2D eigenvalue weighted by molar-refractivity contribution is 7.89. The number of sulfonamides is 1. The Hall–Kier alpha value is -3.52. The van der Waals surface area contributed by atoms with E-state index < -0.39 is 16.1 Å². The molecule has 0 saturated carbocycles. The minimum absolute atomic E-state index is 0.117. The van der Waals surface area contributed by atoms with E-state index in [0.29, 0.717) is 25.3 Å². The predicted octanol–water partition coefficient (Wildman–Crippen LogP) is 6.70. The number of rotatable bonds is 14. The molecule has 0 aliphatic heterocycles. The second-order valence-corrected chi connectivity index (χ2v) is 12.1. The summed E-state index contributed by atoms with van der Waals surface area (Å²) in [4.78, 5) is 12.3. The highest BCUT2D eigenvalue weighted by Gasteiger charge is 2.29. The van der Waals surface area contributed by atoms with Crippen molar-refractivity contribution in [3.8, 4) is 0 Å². The zero-order valence-electron chi connectivity index (χ0n) is 23.9. The molecule has 0 radical (unpaired) electrons. The Balaban J connectivity index is 1.53. The number of allylic oxidation sites excluding steroid dienone is 3. The third kappa shape index (κ3) is 8.73. The summed E-state index contributed by atoms with van der Waals surface area (Å²) in [6.45, 7) is 5.71. The molecule has 1 amide bonds. The van der Waals surface area contributed by atoms with E-state index in [1.165, 1.54) is 23.3 Å². The number of hydrogen-bond acceptors (Lipinski definition) is 4. The molecule has 0 spiro atoms. The van der Waals surface area contributed by atoms with Crippen LogP contribution < -0.4 is 10.0 Å². The van der Waals surface area contributed by atoms with Crippen LogP contribution in [0, 0.1) is 0 Å². The third-order valence-electron chi connectivity index (χ3n) is 7.35. The number of benzene rings is 3. The third-order valence-corrected chi connectivity index (χ3v) is 8.81. The maximum atomic E-state index is 13.7. The summed E-state index contributed by atoms with van der Waals surface area (Å²) in [6.07, 6.45) is 7.97. The lowest BCUT2D eigenvalue weighted by Gasteiger charge is -2.29. The Morgan fingerprint density at radius 3 is 2.15 bits per heavy atom. The van der Waals surface area contributed by atoms with Crippen LogP contribution in [0.4, 0.5) is 0 Å². The topological polar surface area (TPSA) is 84.5 Å². The van der Waals surface area contributed by atoms with Gasteiger partial charge in [-0.25, -0.2) is 13.1 Å². The fourth-order valence-electron chi connectivity index (χ4n) is 5.06. The van der Waals surface area contributed by atoms with E-state index >= 15 is 0 Å². The minimum Gasteiger partial charge on any atom is -0.377 e. The van der Waals surface area contributed by atoms with Crippen molar-refractivity contribution in [1.82, 2.24) is 10.0 Å². The van der Waals surface area contributed by atoms with Crippen molar-refractivity contribution in [1.29, 1.82) is 0 Å². The van der Waals surface area contributed by atoms with Gasteiger partial charge in [-0.1, -0.05) is 78.4 Å². The van der Waals surface area contributed by atoms with Gasteiger partial charge in [-0.05, 0) is 80.5 Å². The van der Waals surface area contributed by atoms with Gasteiger partial charge in [-0.2, -0.15) is 0 Å². The molecule has 0 saturated heterocycles. The van der Waals surface area contributed by atoms with Gasteiger partial charge < -0.3 is 10.1 Å². The largest absolute Gasteiger partial charge is 0.377 e. The van der Waals surface area contributed by atoms with Crippen LogP contribution in [-0.4, -0.2) is 34.1 Å². The quantitative estimate of drug-likeness (QED) is 0.166. The van der Waals surface area contributed by atoms with Crippen molar-refractivity contribution < 1.29 is 17.9 Å². The average molecular weight is 573 g/mol. The summed E-state index contributed by atoms with van der Waals surface area (Å²) in [5.41, 5.74) is 5.07. The van der Waals surface area contributed by atoms with E-state index in [9.17, 15) is 13.2 Å². The second-order valence-electron chi connectivity index (χ2n) is 10.4. The first-order valence-electron chi connectivity index (χ1n) is 14.3. The van der Waals surface area contributed by atoms with Gasteiger partial charge in [0.05, 0.1) is 17.5 Å². The Kier molecular flexibility index (Phi) is 11.1. The highest BCUT2D eigenvalue weighted by atomic mass is 32.2. The molecule has 6 nitrogen and oxygen atoms in total. The number of ether oxygens (including phenoxy) is 1. The van der Waals surface area contributed by atoms with Crippen LogP contribution in [0.5, 0.6) is 0 Å². The van der Waals surface area contributed by atoms with Crippen LogP contribution in [0.1, 0.15) is 73.0 Å². The molecule has 0 fully saturated rings. The summed E-state index contributed by atoms with van der Waals surface area (Å²) in [5, 5.41) is 2.74. The molecule has 3 aromatic rings. The molecule has 3 aromatic carbocycles. The van der Waals surface area contributed by atoms with E-state index in [4.69, 9.17) is 4.74 Å². The summed E-state index contributed by atoms with van der Waals surface area (Å²) >= 11 is 0. The maximum Gasteiger partial charge on any atom is 0.251 e. The lowest BCUT2D eigenvalue weighted by molar-refractivity contribution is 0.0955. The van der Waals surface area contributed by atoms with Gasteiger partial charge in [-0.15, -0.1) is 0 Å². The first kappa shape index (κ1) is 30.4. The van der Waals surface area contributed by atoms with Crippen LogP contribution in [-0.2, 0) is 14.8 Å². The molecule has 216 valence electrons. The normalized spacial score (nSPS) is 15.0. The molecule has 41 heavy (non-hydrogen) atoms. The van der Waals surface area contributed by atoms with Crippen molar-refractivity contribution in [2.24, 2.45) is 0 Å². The van der Waals surface area contributed by atoms with E-state index in [-0.39, 0.29) is 16.7 Å². The van der Waals surface area contributed by atoms with Crippen LogP contribution in [0.15, 0.2) is 113 Å². The van der Waals surface area contributed by atoms with Crippen molar-refractivity contribution in [2.75, 3.05) is 19.8 Å². The summed E-state index contributed by atoms with van der Waals surface area (Å²) in [5.74, 6) is -0.352. The van der Waals surface area contributed by atoms with Crippen molar-refractivity contribution in [3.05, 3.63) is 125 Å². The second kappa shape index (κ2) is 14.9. The fourth-order valence-corrected chi connectivity index (χ4v) is 6.32. The number of nitrogens with one attached hydrogen (secondary N) is 2. The Morgan fingerprint density at radius 2 is 1.54 bits per heavy atom. The van der Waals surface area contributed by atoms with Gasteiger partial charge in [0.1, 0.15) is 0 Å². The monoisotopic (exact) mass is 572 g/mol. The molecular formula is C34H40N2O4S. The van der Waals surface area contributed by atoms with Crippen LogP contribution in [0.2, 0.25) is 0 Å². The number of carbonyl (C=O) groups excluding carboxylic acids is 1. The molecule has 4 rings (SSSR count). The molecule has 1 aliphatic carbocycles. The highest BCUT2D eigenvalue weighted by Crippen LogP contribution is 2.36. The molecule has 0 bridgehead atoms. The Labute approximate surface area is 244 Å². The van der Waals surface area contributed by atoms with Crippen molar-refractivity contribution in [2.45, 2.75) is 56.4 Å². The first-order chi connectivity index (χ1) is 19.9. The van der Waals surface area contributed by atoms with E-state index in [1.54, 1.807) is 12.1 Å². The number of hydrogen-bond donors (Lipinski definition) is 2. The van der Waals surface area contributed by atoms with Gasteiger partial charge in [0.15, 0.2) is 0 Å². The maximum absolute atomic E-state index is 13.7. The molecule has 0 heterocycles. The van der Waals surface area contributed by atoms with Gasteiger partial charge in [0, 0.05) is 24.6 Å². The van der Waals surface area contributed by atoms with Crippen LogP contribution in [0.25, 0.3) is 0 Å². The average Bonchev–Trinajstić information content (AvgIpc) is 3.00. The molecule has 0 unspecified atom stereocenters. The SMILES string of the molecule is CCNC(=O)c1ccc(S(=O)(=O)N[C@H](c2ccccc2)[C@H](CCCOCC2=CCC(C)=CC2)c2ccccc2)cc1. The molecule has 1 aliphatic rings. The lowest BCUT2D eigenvalue weighted by Crippen LogP contribution is -2.33. The van der Waals surface area contributed by atoms with Gasteiger partial charge in [0.25, 0.3) is 5.91 Å². The Bertz CT molecular complexity index is 1430. The molecule has 7 heteroatoms. The van der Waals surface area contributed by atoms with E-state index in [0.717, 1.165) is 36.8 Å². The summed E-state index contributed by atoms with van der Waals surface area (Å²) in [7, 11) is -3.90. The molecular weight excluding hydrogens is 532 g/mol. The van der Waals surface area contributed by atoms with Crippen molar-refractivity contribution in [3.63, 3.8) is 0 Å². The van der Waals surface area contributed by atoms with Crippen molar-refractivity contribution >= 4 is 15.9 Å². The number of carbonyl (C=O) groups is 1. The Morgan fingerprint density at radius 1 is 0.878 bits per heavy atom. The lowest BCUT2D eigenvalue weighted by atomic mass is 9.84. The summed E-state index contributed by atoms with van der Waals surface area (Å²) < 4.78 is 36.4. The van der Waals surface area contributed by atoms with E-state index in [1.807, 2.05) is 55.5 Å².